The molecule has 1 aromatic carbocycles. The van der Waals surface area contributed by atoms with E-state index in [1.807, 2.05) is 24.3 Å². The topological polar surface area (TPSA) is 69.0 Å². The largest absolute Gasteiger partial charge is 0.497 e. The molecule has 3 heterocycles. The molecule has 0 N–H and O–H groups in total. The SMILES string of the molecule is CCOC(=O)c1cnc2c3c(c(Cl)nn12)CCN3Cc1ccc(OC)cc1. The Morgan fingerprint density at radius 3 is 2.78 bits per heavy atom. The number of carbonyl (C=O) groups is 1. The van der Waals surface area contributed by atoms with Crippen molar-refractivity contribution in [3.63, 3.8) is 0 Å². The van der Waals surface area contributed by atoms with Crippen LogP contribution in [0.15, 0.2) is 30.5 Å². The fraction of sp³-hybridized carbons (Fsp3) is 0.316. The van der Waals surface area contributed by atoms with Crippen LogP contribution in [-0.4, -0.2) is 40.8 Å². The van der Waals surface area contributed by atoms with Crippen LogP contribution in [0, 0.1) is 0 Å². The molecule has 27 heavy (non-hydrogen) atoms. The number of rotatable bonds is 5. The third-order valence-corrected chi connectivity index (χ3v) is 4.94. The number of benzene rings is 1. The molecule has 0 radical (unpaired) electrons. The van der Waals surface area contributed by atoms with Gasteiger partial charge in [-0.25, -0.2) is 14.3 Å². The molecule has 7 nitrogen and oxygen atoms in total. The van der Waals surface area contributed by atoms with Gasteiger partial charge in [0.25, 0.3) is 0 Å². The van der Waals surface area contributed by atoms with Crippen LogP contribution < -0.4 is 9.64 Å². The van der Waals surface area contributed by atoms with Crippen LogP contribution in [0.3, 0.4) is 0 Å². The fourth-order valence-electron chi connectivity index (χ4n) is 3.36. The van der Waals surface area contributed by atoms with E-state index in [9.17, 15) is 4.79 Å². The van der Waals surface area contributed by atoms with Crippen LogP contribution in [0.5, 0.6) is 5.75 Å². The summed E-state index contributed by atoms with van der Waals surface area (Å²) < 4.78 is 11.8. The van der Waals surface area contributed by atoms with Crippen molar-refractivity contribution in [3.8, 4) is 5.75 Å². The Balaban J connectivity index is 1.73. The summed E-state index contributed by atoms with van der Waals surface area (Å²) in [5.41, 5.74) is 3.91. The van der Waals surface area contributed by atoms with E-state index in [1.54, 1.807) is 14.0 Å². The standard InChI is InChI=1S/C19H19ClN4O3/c1-3-27-19(25)15-10-21-18-16-14(17(20)22-24(15)18)8-9-23(16)11-12-4-6-13(26-2)7-5-12/h4-7,10H,3,8-9,11H2,1-2H3. The van der Waals surface area contributed by atoms with Gasteiger partial charge in [0.15, 0.2) is 16.5 Å². The van der Waals surface area contributed by atoms with E-state index in [0.717, 1.165) is 35.5 Å². The number of fused-ring (bicyclic) bond motifs is 3. The summed E-state index contributed by atoms with van der Waals surface area (Å²) in [6.45, 7) is 3.56. The Morgan fingerprint density at radius 1 is 1.30 bits per heavy atom. The third-order valence-electron chi connectivity index (χ3n) is 4.64. The summed E-state index contributed by atoms with van der Waals surface area (Å²) >= 11 is 6.41. The van der Waals surface area contributed by atoms with E-state index in [0.29, 0.717) is 17.3 Å². The van der Waals surface area contributed by atoms with Gasteiger partial charge in [-0.15, -0.1) is 0 Å². The minimum Gasteiger partial charge on any atom is -0.497 e. The van der Waals surface area contributed by atoms with E-state index in [2.05, 4.69) is 15.0 Å². The number of hydrogen-bond donors (Lipinski definition) is 0. The molecule has 0 bridgehead atoms. The Labute approximate surface area is 161 Å². The van der Waals surface area contributed by atoms with Crippen molar-refractivity contribution < 1.29 is 14.3 Å². The van der Waals surface area contributed by atoms with Crippen molar-refractivity contribution >= 4 is 28.9 Å². The number of halogens is 1. The van der Waals surface area contributed by atoms with Crippen molar-refractivity contribution in [2.45, 2.75) is 19.9 Å². The second kappa shape index (κ2) is 7.08. The number of esters is 1. The van der Waals surface area contributed by atoms with Gasteiger partial charge in [0, 0.05) is 18.7 Å². The highest BCUT2D eigenvalue weighted by Crippen LogP contribution is 2.36. The monoisotopic (exact) mass is 386 g/mol. The number of ether oxygens (including phenoxy) is 2. The summed E-state index contributed by atoms with van der Waals surface area (Å²) in [4.78, 5) is 18.8. The minimum absolute atomic E-state index is 0.271. The van der Waals surface area contributed by atoms with Crippen LogP contribution in [0.2, 0.25) is 5.15 Å². The Bertz CT molecular complexity index is 1000. The molecule has 3 aromatic rings. The van der Waals surface area contributed by atoms with Gasteiger partial charge in [-0.2, -0.15) is 5.10 Å². The molecule has 0 saturated carbocycles. The molecule has 1 aliphatic heterocycles. The molecule has 0 spiro atoms. The van der Waals surface area contributed by atoms with Crippen LogP contribution in [0.4, 0.5) is 5.69 Å². The third kappa shape index (κ3) is 3.08. The summed E-state index contributed by atoms with van der Waals surface area (Å²) in [6.07, 6.45) is 2.27. The van der Waals surface area contributed by atoms with Crippen LogP contribution >= 0.6 is 11.6 Å². The van der Waals surface area contributed by atoms with Gasteiger partial charge in [-0.1, -0.05) is 23.7 Å². The van der Waals surface area contributed by atoms with Crippen molar-refractivity contribution in [1.82, 2.24) is 14.6 Å². The number of imidazole rings is 1. The predicted octanol–water partition coefficient (Wildman–Crippen LogP) is 3.13. The first-order valence-corrected chi connectivity index (χ1v) is 9.11. The first kappa shape index (κ1) is 17.6. The molecular weight excluding hydrogens is 368 g/mol. The maximum absolute atomic E-state index is 12.2. The van der Waals surface area contributed by atoms with E-state index in [4.69, 9.17) is 21.1 Å². The lowest BCUT2D eigenvalue weighted by Crippen LogP contribution is -2.20. The summed E-state index contributed by atoms with van der Waals surface area (Å²) in [6, 6.07) is 7.95. The number of carbonyl (C=O) groups excluding carboxylic acids is 1. The molecule has 1 aliphatic rings. The number of methoxy groups -OCH3 is 1. The second-order valence-corrected chi connectivity index (χ2v) is 6.59. The summed E-state index contributed by atoms with van der Waals surface area (Å²) in [7, 11) is 1.65. The van der Waals surface area contributed by atoms with Gasteiger partial charge in [0.2, 0.25) is 0 Å². The molecule has 0 fully saturated rings. The molecule has 2 aromatic heterocycles. The molecule has 0 saturated heterocycles. The van der Waals surface area contributed by atoms with Gasteiger partial charge in [-0.05, 0) is 31.0 Å². The number of hydrogen-bond acceptors (Lipinski definition) is 6. The lowest BCUT2D eigenvalue weighted by molar-refractivity contribution is 0.0516. The molecule has 0 unspecified atom stereocenters. The second-order valence-electron chi connectivity index (χ2n) is 6.24. The van der Waals surface area contributed by atoms with E-state index in [1.165, 1.54) is 10.7 Å². The van der Waals surface area contributed by atoms with Crippen molar-refractivity contribution in [2.24, 2.45) is 0 Å². The molecule has 0 aliphatic carbocycles. The van der Waals surface area contributed by atoms with E-state index >= 15 is 0 Å². The zero-order valence-corrected chi connectivity index (χ0v) is 15.9. The van der Waals surface area contributed by atoms with Crippen molar-refractivity contribution in [2.75, 3.05) is 25.2 Å². The Morgan fingerprint density at radius 2 is 2.07 bits per heavy atom. The fourth-order valence-corrected chi connectivity index (χ4v) is 3.61. The first-order chi connectivity index (χ1) is 13.1. The van der Waals surface area contributed by atoms with Gasteiger partial charge < -0.3 is 14.4 Å². The first-order valence-electron chi connectivity index (χ1n) is 8.73. The Kier molecular flexibility index (Phi) is 4.61. The lowest BCUT2D eigenvalue weighted by atomic mass is 10.2. The molecule has 8 heteroatoms. The lowest BCUT2D eigenvalue weighted by Gasteiger charge is -2.20. The van der Waals surface area contributed by atoms with Gasteiger partial charge in [-0.3, -0.25) is 0 Å². The number of anilines is 1. The average molecular weight is 387 g/mol. The Hall–Kier alpha value is -2.80. The zero-order chi connectivity index (χ0) is 19.0. The van der Waals surface area contributed by atoms with Gasteiger partial charge >= 0.3 is 5.97 Å². The van der Waals surface area contributed by atoms with Gasteiger partial charge in [0.05, 0.1) is 25.6 Å². The van der Waals surface area contributed by atoms with Crippen molar-refractivity contribution in [3.05, 3.63) is 52.4 Å². The molecule has 4 rings (SSSR count). The highest BCUT2D eigenvalue weighted by atomic mass is 35.5. The highest BCUT2D eigenvalue weighted by Gasteiger charge is 2.29. The van der Waals surface area contributed by atoms with Crippen LogP contribution in [0.1, 0.15) is 28.5 Å². The molecule has 0 amide bonds. The maximum Gasteiger partial charge on any atom is 0.358 e. The summed E-state index contributed by atoms with van der Waals surface area (Å²) in [5.74, 6) is 0.357. The predicted molar refractivity (Wildman–Crippen MR) is 102 cm³/mol. The molecule has 0 atom stereocenters. The maximum atomic E-state index is 12.2. The van der Waals surface area contributed by atoms with E-state index < -0.39 is 5.97 Å². The van der Waals surface area contributed by atoms with Crippen LogP contribution in [0.25, 0.3) is 5.65 Å². The quantitative estimate of drug-likeness (QED) is 0.627. The van der Waals surface area contributed by atoms with E-state index in [-0.39, 0.29) is 12.3 Å². The highest BCUT2D eigenvalue weighted by molar-refractivity contribution is 6.30. The number of aromatic nitrogens is 3. The zero-order valence-electron chi connectivity index (χ0n) is 15.1. The minimum atomic E-state index is -0.465. The van der Waals surface area contributed by atoms with Gasteiger partial charge in [0.1, 0.15) is 5.75 Å². The van der Waals surface area contributed by atoms with Crippen molar-refractivity contribution in [1.29, 1.82) is 0 Å². The number of nitrogens with zero attached hydrogens (tertiary/aromatic N) is 4. The summed E-state index contributed by atoms with van der Waals surface area (Å²) in [5, 5.41) is 4.74. The van der Waals surface area contributed by atoms with Crippen LogP contribution in [-0.2, 0) is 17.7 Å². The molecule has 140 valence electrons. The normalized spacial score (nSPS) is 13.1. The molecular formula is C19H19ClN4O3. The smallest absolute Gasteiger partial charge is 0.358 e. The average Bonchev–Trinajstić information content (AvgIpc) is 3.27.